The summed E-state index contributed by atoms with van der Waals surface area (Å²) in [7, 11) is 0. The predicted molar refractivity (Wildman–Crippen MR) is 88.0 cm³/mol. The highest BCUT2D eigenvalue weighted by atomic mass is 32.1. The molecular formula is C16H22N4OS. The number of carbonyl (C=O) groups excluding carboxylic acids is 1. The van der Waals surface area contributed by atoms with E-state index >= 15 is 0 Å². The van der Waals surface area contributed by atoms with Crippen LogP contribution in [0.2, 0.25) is 0 Å². The highest BCUT2D eigenvalue weighted by Gasteiger charge is 2.32. The van der Waals surface area contributed by atoms with Crippen molar-refractivity contribution >= 4 is 17.4 Å². The van der Waals surface area contributed by atoms with Crippen molar-refractivity contribution in [3.8, 4) is 0 Å². The summed E-state index contributed by atoms with van der Waals surface area (Å²) in [5.74, 6) is 0. The van der Waals surface area contributed by atoms with E-state index in [1.54, 1.807) is 11.3 Å². The van der Waals surface area contributed by atoms with Gasteiger partial charge in [-0.1, -0.05) is 0 Å². The molecule has 22 heavy (non-hydrogen) atoms. The van der Waals surface area contributed by atoms with E-state index < -0.39 is 0 Å². The topological polar surface area (TPSA) is 61.0 Å². The normalized spacial score (nSPS) is 18.0. The van der Waals surface area contributed by atoms with Gasteiger partial charge in [0.2, 0.25) is 0 Å². The SMILES string of the molecule is Cc1ccc(CNC(=O)N2CCC[C@@H]2c2c(C)n[nH]c2C)s1. The summed E-state index contributed by atoms with van der Waals surface area (Å²) in [6.45, 7) is 7.52. The molecule has 1 aliphatic rings. The van der Waals surface area contributed by atoms with Crippen LogP contribution < -0.4 is 5.32 Å². The van der Waals surface area contributed by atoms with Crippen molar-refractivity contribution in [3.05, 3.63) is 38.8 Å². The predicted octanol–water partition coefficient (Wildman–Crippen LogP) is 3.44. The Bertz CT molecular complexity index is 656. The Morgan fingerprint density at radius 1 is 1.45 bits per heavy atom. The summed E-state index contributed by atoms with van der Waals surface area (Å²) in [5, 5.41) is 10.3. The van der Waals surface area contributed by atoms with Gasteiger partial charge in [-0.15, -0.1) is 11.3 Å². The smallest absolute Gasteiger partial charge is 0.318 e. The van der Waals surface area contributed by atoms with Crippen molar-refractivity contribution in [2.75, 3.05) is 6.54 Å². The Morgan fingerprint density at radius 2 is 2.27 bits per heavy atom. The van der Waals surface area contributed by atoms with Crippen LogP contribution in [0.3, 0.4) is 0 Å². The monoisotopic (exact) mass is 318 g/mol. The number of thiophene rings is 1. The van der Waals surface area contributed by atoms with Crippen LogP contribution in [0.15, 0.2) is 12.1 Å². The highest BCUT2D eigenvalue weighted by molar-refractivity contribution is 7.11. The molecule has 2 aromatic heterocycles. The molecule has 0 saturated carbocycles. The average Bonchev–Trinajstić information content (AvgIpc) is 3.18. The molecule has 1 fully saturated rings. The lowest BCUT2D eigenvalue weighted by molar-refractivity contribution is 0.192. The van der Waals surface area contributed by atoms with Crippen molar-refractivity contribution in [2.24, 2.45) is 0 Å². The molecule has 2 amide bonds. The molecule has 1 saturated heterocycles. The molecular weight excluding hydrogens is 296 g/mol. The van der Waals surface area contributed by atoms with E-state index in [4.69, 9.17) is 0 Å². The third kappa shape index (κ3) is 2.88. The first-order valence-corrected chi connectivity index (χ1v) is 8.49. The fourth-order valence-corrected chi connectivity index (χ4v) is 4.03. The molecule has 0 bridgehead atoms. The molecule has 3 rings (SSSR count). The van der Waals surface area contributed by atoms with Gasteiger partial charge in [0, 0.05) is 27.6 Å². The van der Waals surface area contributed by atoms with Crippen molar-refractivity contribution in [1.29, 1.82) is 0 Å². The van der Waals surface area contributed by atoms with Gasteiger partial charge in [-0.25, -0.2) is 4.79 Å². The van der Waals surface area contributed by atoms with Gasteiger partial charge in [0.1, 0.15) is 0 Å². The van der Waals surface area contributed by atoms with E-state index in [2.05, 4.69) is 34.6 Å². The number of urea groups is 1. The van der Waals surface area contributed by atoms with Crippen LogP contribution in [0, 0.1) is 20.8 Å². The first kappa shape index (κ1) is 15.1. The van der Waals surface area contributed by atoms with Gasteiger partial charge >= 0.3 is 6.03 Å². The molecule has 0 spiro atoms. The highest BCUT2D eigenvalue weighted by Crippen LogP contribution is 2.34. The van der Waals surface area contributed by atoms with Crippen LogP contribution in [-0.2, 0) is 6.54 Å². The van der Waals surface area contributed by atoms with Crippen LogP contribution in [-0.4, -0.2) is 27.7 Å². The number of hydrogen-bond donors (Lipinski definition) is 2. The van der Waals surface area contributed by atoms with Gasteiger partial charge < -0.3 is 10.2 Å². The number of amides is 2. The van der Waals surface area contributed by atoms with Crippen molar-refractivity contribution in [3.63, 3.8) is 0 Å². The number of aromatic amines is 1. The first-order valence-electron chi connectivity index (χ1n) is 7.67. The van der Waals surface area contributed by atoms with Gasteiger partial charge in [-0.2, -0.15) is 5.10 Å². The fraction of sp³-hybridized carbons (Fsp3) is 0.500. The lowest BCUT2D eigenvalue weighted by Gasteiger charge is -2.25. The Kier molecular flexibility index (Phi) is 4.20. The summed E-state index contributed by atoms with van der Waals surface area (Å²) in [5.41, 5.74) is 3.24. The second kappa shape index (κ2) is 6.12. The molecule has 0 unspecified atom stereocenters. The first-order chi connectivity index (χ1) is 10.6. The van der Waals surface area contributed by atoms with Gasteiger partial charge in [0.05, 0.1) is 18.3 Å². The molecule has 0 aromatic carbocycles. The zero-order valence-corrected chi connectivity index (χ0v) is 14.1. The van der Waals surface area contributed by atoms with Crippen LogP contribution in [0.4, 0.5) is 4.79 Å². The summed E-state index contributed by atoms with van der Waals surface area (Å²) in [6.07, 6.45) is 2.05. The Morgan fingerprint density at radius 3 is 2.91 bits per heavy atom. The summed E-state index contributed by atoms with van der Waals surface area (Å²) < 4.78 is 0. The lowest BCUT2D eigenvalue weighted by Crippen LogP contribution is -2.39. The van der Waals surface area contributed by atoms with E-state index in [-0.39, 0.29) is 12.1 Å². The fourth-order valence-electron chi connectivity index (χ4n) is 3.20. The Hall–Kier alpha value is -1.82. The maximum Gasteiger partial charge on any atom is 0.318 e. The van der Waals surface area contributed by atoms with E-state index in [1.165, 1.54) is 15.3 Å². The zero-order valence-electron chi connectivity index (χ0n) is 13.3. The van der Waals surface area contributed by atoms with Crippen molar-refractivity contribution in [1.82, 2.24) is 20.4 Å². The summed E-state index contributed by atoms with van der Waals surface area (Å²) >= 11 is 1.73. The third-order valence-corrected chi connectivity index (χ3v) is 5.24. The molecule has 1 atom stereocenters. The molecule has 3 heterocycles. The van der Waals surface area contributed by atoms with Crippen LogP contribution in [0.25, 0.3) is 0 Å². The van der Waals surface area contributed by atoms with Gasteiger partial charge in [-0.05, 0) is 45.7 Å². The van der Waals surface area contributed by atoms with E-state index in [0.29, 0.717) is 6.54 Å². The molecule has 1 aliphatic heterocycles. The number of aryl methyl sites for hydroxylation is 3. The molecule has 2 N–H and O–H groups in total. The van der Waals surface area contributed by atoms with E-state index in [9.17, 15) is 4.79 Å². The number of rotatable bonds is 3. The number of nitrogens with one attached hydrogen (secondary N) is 2. The number of aromatic nitrogens is 2. The van der Waals surface area contributed by atoms with Crippen LogP contribution in [0.1, 0.15) is 45.6 Å². The minimum atomic E-state index is 0.0218. The average molecular weight is 318 g/mol. The second-order valence-electron chi connectivity index (χ2n) is 5.87. The van der Waals surface area contributed by atoms with Crippen LogP contribution in [0.5, 0.6) is 0 Å². The quantitative estimate of drug-likeness (QED) is 0.910. The number of H-pyrrole nitrogens is 1. The third-order valence-electron chi connectivity index (χ3n) is 4.24. The maximum absolute atomic E-state index is 12.5. The second-order valence-corrected chi connectivity index (χ2v) is 7.24. The summed E-state index contributed by atoms with van der Waals surface area (Å²) in [4.78, 5) is 17.0. The number of hydrogen-bond acceptors (Lipinski definition) is 3. The molecule has 0 radical (unpaired) electrons. The minimum Gasteiger partial charge on any atom is -0.333 e. The zero-order chi connectivity index (χ0) is 15.7. The van der Waals surface area contributed by atoms with Gasteiger partial charge in [-0.3, -0.25) is 5.10 Å². The van der Waals surface area contributed by atoms with Crippen molar-refractivity contribution in [2.45, 2.75) is 46.2 Å². The van der Waals surface area contributed by atoms with Crippen molar-refractivity contribution < 1.29 is 4.79 Å². The Labute approximate surface area is 134 Å². The largest absolute Gasteiger partial charge is 0.333 e. The number of nitrogens with zero attached hydrogens (tertiary/aromatic N) is 2. The lowest BCUT2D eigenvalue weighted by atomic mass is 10.0. The van der Waals surface area contributed by atoms with Gasteiger partial charge in [0.15, 0.2) is 0 Å². The van der Waals surface area contributed by atoms with E-state index in [1.807, 2.05) is 18.7 Å². The molecule has 5 nitrogen and oxygen atoms in total. The maximum atomic E-state index is 12.5. The Balaban J connectivity index is 1.69. The van der Waals surface area contributed by atoms with E-state index in [0.717, 1.165) is 30.8 Å². The number of likely N-dealkylation sites (tertiary alicyclic amines) is 1. The molecule has 118 valence electrons. The minimum absolute atomic E-state index is 0.0218. The van der Waals surface area contributed by atoms with Gasteiger partial charge in [0.25, 0.3) is 0 Å². The number of carbonyl (C=O) groups is 1. The van der Waals surface area contributed by atoms with Crippen LogP contribution >= 0.6 is 11.3 Å². The summed E-state index contributed by atoms with van der Waals surface area (Å²) in [6, 6.07) is 4.33. The standard InChI is InChI=1S/C16H22N4OS/c1-10-6-7-13(22-10)9-17-16(21)20-8-4-5-14(20)15-11(2)18-19-12(15)3/h6-7,14H,4-5,8-9H2,1-3H3,(H,17,21)(H,18,19)/t14-/m1/s1. The molecule has 2 aromatic rings. The molecule has 6 heteroatoms. The molecule has 0 aliphatic carbocycles.